The lowest BCUT2D eigenvalue weighted by atomic mass is 9.90. The monoisotopic (exact) mass is 304 g/mol. The average Bonchev–Trinajstić information content (AvgIpc) is 2.35. The van der Waals surface area contributed by atoms with Gasteiger partial charge in [0.05, 0.1) is 16.2 Å². The van der Waals surface area contributed by atoms with Crippen molar-refractivity contribution in [1.82, 2.24) is 4.98 Å². The van der Waals surface area contributed by atoms with Gasteiger partial charge in [0.1, 0.15) is 6.20 Å². The topological polar surface area (TPSA) is 65.3 Å². The van der Waals surface area contributed by atoms with Crippen molar-refractivity contribution in [3.63, 3.8) is 0 Å². The van der Waals surface area contributed by atoms with Crippen LogP contribution in [0.2, 0.25) is 19.6 Å². The first kappa shape index (κ1) is 15.4. The Hall–Kier alpha value is -1.95. The highest BCUT2D eigenvalue weighted by Gasteiger charge is 2.24. The maximum Gasteiger partial charge on any atom is 0.294 e. The van der Waals surface area contributed by atoms with Crippen LogP contribution in [0.25, 0.3) is 5.57 Å². The lowest BCUT2D eigenvalue weighted by molar-refractivity contribution is -0.385. The van der Waals surface area contributed by atoms with Gasteiger partial charge in [-0.3, -0.25) is 15.1 Å². The summed E-state index contributed by atoms with van der Waals surface area (Å²) < 4.78 is 6.04. The Morgan fingerprint density at radius 3 is 2.76 bits per heavy atom. The van der Waals surface area contributed by atoms with E-state index in [0.717, 1.165) is 17.8 Å². The predicted octanol–water partition coefficient (Wildman–Crippen LogP) is 4.15. The van der Waals surface area contributed by atoms with Crippen LogP contribution >= 0.6 is 0 Å². The summed E-state index contributed by atoms with van der Waals surface area (Å²) in [6, 6.07) is 1.70. The quantitative estimate of drug-likeness (QED) is 0.476. The minimum atomic E-state index is -1.70. The molecule has 1 atom stereocenters. The van der Waals surface area contributed by atoms with E-state index in [2.05, 4.69) is 37.6 Å². The molecule has 5 nitrogen and oxygen atoms in total. The Morgan fingerprint density at radius 1 is 1.43 bits per heavy atom. The number of hydrogen-bond donors (Lipinski definition) is 0. The zero-order valence-corrected chi connectivity index (χ0v) is 13.8. The number of aromatic nitrogens is 1. The van der Waals surface area contributed by atoms with Crippen molar-refractivity contribution in [2.24, 2.45) is 5.92 Å². The maximum absolute atomic E-state index is 11.2. The second-order valence-electron chi connectivity index (χ2n) is 6.28. The summed E-state index contributed by atoms with van der Waals surface area (Å²) in [4.78, 5) is 14.6. The fourth-order valence-corrected chi connectivity index (χ4v) is 3.21. The van der Waals surface area contributed by atoms with Crippen molar-refractivity contribution in [2.75, 3.05) is 0 Å². The fourth-order valence-electron chi connectivity index (χ4n) is 2.37. The van der Waals surface area contributed by atoms with Gasteiger partial charge in [0, 0.05) is 6.20 Å². The molecule has 1 heterocycles. The highest BCUT2D eigenvalue weighted by molar-refractivity contribution is 6.70. The number of rotatable bonds is 4. The highest BCUT2D eigenvalue weighted by Crippen LogP contribution is 2.35. The molecule has 1 aromatic heterocycles. The Bertz CT molecular complexity index is 618. The van der Waals surface area contributed by atoms with Gasteiger partial charge in [0.2, 0.25) is 8.32 Å². The van der Waals surface area contributed by atoms with Crippen LogP contribution in [0.3, 0.4) is 0 Å². The minimum absolute atomic E-state index is 0.0465. The van der Waals surface area contributed by atoms with Crippen molar-refractivity contribution in [3.05, 3.63) is 52.0 Å². The third kappa shape index (κ3) is 4.01. The predicted molar refractivity (Wildman–Crippen MR) is 85.2 cm³/mol. The Labute approximate surface area is 125 Å². The van der Waals surface area contributed by atoms with E-state index in [1.807, 2.05) is 6.08 Å². The molecule has 0 aromatic carbocycles. The third-order valence-electron chi connectivity index (χ3n) is 3.07. The smallest absolute Gasteiger partial charge is 0.294 e. The summed E-state index contributed by atoms with van der Waals surface area (Å²) in [5, 5.41) is 11.2. The van der Waals surface area contributed by atoms with Gasteiger partial charge in [0.25, 0.3) is 5.69 Å². The molecule has 6 heteroatoms. The molecule has 0 bridgehead atoms. The molecule has 0 saturated carbocycles. The SMILES string of the molecule is C[C@@H]1C=C(O[Si](C)(C)C)C=C(c2ccncc2[N+](=O)[O-])C1. The second-order valence-corrected chi connectivity index (χ2v) is 10.7. The lowest BCUT2D eigenvalue weighted by Crippen LogP contribution is -2.25. The lowest BCUT2D eigenvalue weighted by Gasteiger charge is -2.25. The number of allylic oxidation sites excluding steroid dienone is 3. The Morgan fingerprint density at radius 2 is 2.14 bits per heavy atom. The molecular formula is C15H20N2O3Si. The summed E-state index contributed by atoms with van der Waals surface area (Å²) in [5.74, 6) is 1.12. The summed E-state index contributed by atoms with van der Waals surface area (Å²) in [5.41, 5.74) is 1.61. The second kappa shape index (κ2) is 5.81. The molecule has 0 amide bonds. The first-order chi connectivity index (χ1) is 9.76. The van der Waals surface area contributed by atoms with Crippen LogP contribution in [-0.2, 0) is 4.43 Å². The van der Waals surface area contributed by atoms with Gasteiger partial charge in [-0.15, -0.1) is 0 Å². The first-order valence-electron chi connectivity index (χ1n) is 6.96. The van der Waals surface area contributed by atoms with E-state index < -0.39 is 8.32 Å². The van der Waals surface area contributed by atoms with Gasteiger partial charge in [-0.05, 0) is 55.8 Å². The van der Waals surface area contributed by atoms with Gasteiger partial charge in [0.15, 0.2) is 0 Å². The van der Waals surface area contributed by atoms with Crippen LogP contribution in [0.5, 0.6) is 0 Å². The van der Waals surface area contributed by atoms with Gasteiger partial charge >= 0.3 is 0 Å². The maximum atomic E-state index is 11.2. The number of pyridine rings is 1. The van der Waals surface area contributed by atoms with Crippen molar-refractivity contribution < 1.29 is 9.35 Å². The van der Waals surface area contributed by atoms with Gasteiger partial charge < -0.3 is 4.43 Å². The summed E-state index contributed by atoms with van der Waals surface area (Å²) in [6.45, 7) is 8.45. The fraction of sp³-hybridized carbons (Fsp3) is 0.400. The van der Waals surface area contributed by atoms with Crippen LogP contribution in [0.15, 0.2) is 36.4 Å². The molecule has 0 fully saturated rings. The Kier molecular flexibility index (Phi) is 4.27. The van der Waals surface area contributed by atoms with Crippen molar-refractivity contribution in [2.45, 2.75) is 33.0 Å². The van der Waals surface area contributed by atoms with E-state index in [1.54, 1.807) is 12.3 Å². The van der Waals surface area contributed by atoms with Crippen molar-refractivity contribution >= 4 is 19.6 Å². The molecule has 112 valence electrons. The summed E-state index contributed by atoms with van der Waals surface area (Å²) >= 11 is 0. The zero-order chi connectivity index (χ0) is 15.6. The van der Waals surface area contributed by atoms with Gasteiger partial charge in [-0.2, -0.15) is 0 Å². The molecule has 0 N–H and O–H groups in total. The van der Waals surface area contributed by atoms with Crippen LogP contribution in [0.1, 0.15) is 18.9 Å². The van der Waals surface area contributed by atoms with E-state index in [9.17, 15) is 10.1 Å². The summed E-state index contributed by atoms with van der Waals surface area (Å²) in [7, 11) is -1.70. The number of hydrogen-bond acceptors (Lipinski definition) is 4. The van der Waals surface area contributed by atoms with Crippen LogP contribution in [-0.4, -0.2) is 18.2 Å². The standard InChI is InChI=1S/C15H20N2O3Si/c1-11-7-12(9-13(8-11)20-21(2,3)4)14-5-6-16-10-15(14)17(18)19/h5-6,8-11H,7H2,1-4H3/t11-/m0/s1. The molecule has 21 heavy (non-hydrogen) atoms. The van der Waals surface area contributed by atoms with Crippen LogP contribution in [0, 0.1) is 16.0 Å². The van der Waals surface area contributed by atoms with E-state index in [-0.39, 0.29) is 10.6 Å². The zero-order valence-electron chi connectivity index (χ0n) is 12.8. The number of nitro groups is 1. The van der Waals surface area contributed by atoms with E-state index in [1.165, 1.54) is 6.20 Å². The van der Waals surface area contributed by atoms with Crippen LogP contribution in [0.4, 0.5) is 5.69 Å². The van der Waals surface area contributed by atoms with Crippen molar-refractivity contribution in [3.8, 4) is 0 Å². The van der Waals surface area contributed by atoms with E-state index >= 15 is 0 Å². The molecule has 1 aromatic rings. The third-order valence-corrected chi connectivity index (χ3v) is 3.92. The molecule has 0 unspecified atom stereocenters. The molecule has 0 saturated heterocycles. The Balaban J connectivity index is 2.40. The summed E-state index contributed by atoms with van der Waals surface area (Å²) in [6.07, 6.45) is 7.68. The van der Waals surface area contributed by atoms with Crippen LogP contribution < -0.4 is 0 Å². The number of nitrogens with zero attached hydrogens (tertiary/aromatic N) is 2. The largest absolute Gasteiger partial charge is 0.545 e. The van der Waals surface area contributed by atoms with Gasteiger partial charge in [-0.1, -0.05) is 6.92 Å². The molecule has 2 rings (SSSR count). The minimum Gasteiger partial charge on any atom is -0.545 e. The first-order valence-corrected chi connectivity index (χ1v) is 10.4. The molecule has 1 aliphatic carbocycles. The molecule has 0 spiro atoms. The molecular weight excluding hydrogens is 284 g/mol. The highest BCUT2D eigenvalue weighted by atomic mass is 28.4. The van der Waals surface area contributed by atoms with E-state index in [0.29, 0.717) is 11.5 Å². The van der Waals surface area contributed by atoms with E-state index in [4.69, 9.17) is 4.43 Å². The molecule has 1 aliphatic rings. The average molecular weight is 304 g/mol. The normalized spacial score (nSPS) is 18.8. The van der Waals surface area contributed by atoms with Gasteiger partial charge in [-0.25, -0.2) is 0 Å². The van der Waals surface area contributed by atoms with Crippen molar-refractivity contribution in [1.29, 1.82) is 0 Å². The molecule has 0 radical (unpaired) electrons. The molecule has 0 aliphatic heterocycles.